The van der Waals surface area contributed by atoms with Gasteiger partial charge in [-0.1, -0.05) is 6.07 Å². The zero-order valence-corrected chi connectivity index (χ0v) is 15.4. The molecule has 1 atom stereocenters. The highest BCUT2D eigenvalue weighted by molar-refractivity contribution is 6.46. The Morgan fingerprint density at radius 1 is 1.15 bits per heavy atom. The number of likely N-dealkylation sites (tertiary alicyclic amines) is 1. The number of carbonyl (C=O) groups excluding carboxylic acids is 2. The molecule has 2 aromatic rings. The fraction of sp³-hybridized carbons (Fsp3) is 0.300. The number of amides is 1. The highest BCUT2D eigenvalue weighted by Gasteiger charge is 2.45. The molecule has 0 aromatic carbocycles. The van der Waals surface area contributed by atoms with Crippen LogP contribution in [0.1, 0.15) is 23.6 Å². The lowest BCUT2D eigenvalue weighted by Gasteiger charge is -2.25. The predicted molar refractivity (Wildman–Crippen MR) is 101 cm³/mol. The molecule has 140 valence electrons. The third kappa shape index (κ3) is 3.88. The summed E-state index contributed by atoms with van der Waals surface area (Å²) in [5.41, 5.74) is 1.23. The normalized spacial score (nSPS) is 19.1. The summed E-state index contributed by atoms with van der Waals surface area (Å²) >= 11 is 0. The number of Topliss-reactive ketones (excluding diaryl/α,β-unsaturated/α-hetero) is 1. The fourth-order valence-electron chi connectivity index (χ4n) is 3.22. The van der Waals surface area contributed by atoms with E-state index in [9.17, 15) is 14.7 Å². The Morgan fingerprint density at radius 2 is 1.89 bits per heavy atom. The van der Waals surface area contributed by atoms with Crippen molar-refractivity contribution in [3.05, 3.63) is 65.8 Å². The van der Waals surface area contributed by atoms with E-state index in [1.165, 1.54) is 17.3 Å². The second-order valence-electron chi connectivity index (χ2n) is 6.67. The molecule has 3 rings (SSSR count). The summed E-state index contributed by atoms with van der Waals surface area (Å²) in [5.74, 6) is -1.47. The Hall–Kier alpha value is -3.06. The Labute approximate surface area is 158 Å². The molecular formula is C20H22N4O3. The number of nitrogens with zero attached hydrogens (tertiary/aromatic N) is 4. The average molecular weight is 366 g/mol. The van der Waals surface area contributed by atoms with Gasteiger partial charge in [0.1, 0.15) is 5.76 Å². The molecule has 0 bridgehead atoms. The van der Waals surface area contributed by atoms with E-state index < -0.39 is 17.7 Å². The second kappa shape index (κ2) is 8.09. The van der Waals surface area contributed by atoms with E-state index in [1.807, 2.05) is 25.1 Å². The van der Waals surface area contributed by atoms with Crippen LogP contribution < -0.4 is 0 Å². The van der Waals surface area contributed by atoms with Crippen LogP contribution in [0.5, 0.6) is 0 Å². The van der Waals surface area contributed by atoms with Gasteiger partial charge >= 0.3 is 0 Å². The van der Waals surface area contributed by atoms with Crippen LogP contribution in [0, 0.1) is 0 Å². The van der Waals surface area contributed by atoms with E-state index in [0.29, 0.717) is 24.1 Å². The first kappa shape index (κ1) is 18.7. The number of aliphatic hydroxyl groups excluding tert-OH is 1. The predicted octanol–water partition coefficient (Wildman–Crippen LogP) is 1.85. The topological polar surface area (TPSA) is 86.6 Å². The molecule has 0 radical (unpaired) electrons. The van der Waals surface area contributed by atoms with Crippen LogP contribution in [-0.4, -0.2) is 63.7 Å². The Kier molecular flexibility index (Phi) is 5.61. The maximum atomic E-state index is 12.8. The SMILES string of the molecule is CN(C)CCCN1C(=O)C(=O)/C(=C(\O)c2ccncc2)[C@@H]1c1cccnc1. The van der Waals surface area contributed by atoms with Crippen molar-refractivity contribution in [2.45, 2.75) is 12.5 Å². The van der Waals surface area contributed by atoms with Crippen molar-refractivity contribution in [2.24, 2.45) is 0 Å². The van der Waals surface area contributed by atoms with Crippen LogP contribution in [-0.2, 0) is 9.59 Å². The molecule has 0 aliphatic carbocycles. The first-order valence-electron chi connectivity index (χ1n) is 8.74. The molecule has 7 heteroatoms. The molecule has 1 saturated heterocycles. The van der Waals surface area contributed by atoms with Gasteiger partial charge in [-0.25, -0.2) is 0 Å². The van der Waals surface area contributed by atoms with Gasteiger partial charge in [0.25, 0.3) is 11.7 Å². The number of hydrogen-bond acceptors (Lipinski definition) is 6. The molecule has 2 aromatic heterocycles. The first-order chi connectivity index (χ1) is 13.0. The number of aliphatic hydroxyl groups is 1. The zero-order valence-electron chi connectivity index (χ0n) is 15.4. The Bertz CT molecular complexity index is 850. The van der Waals surface area contributed by atoms with Crippen LogP contribution >= 0.6 is 0 Å². The van der Waals surface area contributed by atoms with Crippen LogP contribution in [0.15, 0.2) is 54.6 Å². The lowest BCUT2D eigenvalue weighted by molar-refractivity contribution is -0.139. The van der Waals surface area contributed by atoms with Gasteiger partial charge in [0.2, 0.25) is 0 Å². The summed E-state index contributed by atoms with van der Waals surface area (Å²) in [6.45, 7) is 1.20. The average Bonchev–Trinajstić information content (AvgIpc) is 2.93. The van der Waals surface area contributed by atoms with Crippen molar-refractivity contribution in [3.8, 4) is 0 Å². The lowest BCUT2D eigenvalue weighted by Crippen LogP contribution is -2.32. The van der Waals surface area contributed by atoms with Gasteiger partial charge in [-0.3, -0.25) is 19.6 Å². The number of aromatic nitrogens is 2. The van der Waals surface area contributed by atoms with Crippen molar-refractivity contribution in [3.63, 3.8) is 0 Å². The largest absolute Gasteiger partial charge is 0.507 e. The van der Waals surface area contributed by atoms with E-state index in [4.69, 9.17) is 0 Å². The second-order valence-corrected chi connectivity index (χ2v) is 6.67. The number of pyridine rings is 2. The summed E-state index contributed by atoms with van der Waals surface area (Å²) in [6, 6.07) is 6.11. The molecule has 0 unspecified atom stereocenters. The van der Waals surface area contributed by atoms with Crippen molar-refractivity contribution in [1.82, 2.24) is 19.8 Å². The van der Waals surface area contributed by atoms with E-state index in [1.54, 1.807) is 30.6 Å². The zero-order chi connectivity index (χ0) is 19.4. The van der Waals surface area contributed by atoms with Gasteiger partial charge < -0.3 is 14.9 Å². The van der Waals surface area contributed by atoms with E-state index in [2.05, 4.69) is 9.97 Å². The Balaban J connectivity index is 2.05. The molecule has 1 N–H and O–H groups in total. The lowest BCUT2D eigenvalue weighted by atomic mass is 9.96. The molecular weight excluding hydrogens is 344 g/mol. The van der Waals surface area contributed by atoms with Crippen LogP contribution in [0.3, 0.4) is 0 Å². The van der Waals surface area contributed by atoms with Crippen LogP contribution in [0.4, 0.5) is 0 Å². The molecule has 1 aliphatic rings. The van der Waals surface area contributed by atoms with Gasteiger partial charge in [-0.05, 0) is 50.8 Å². The highest BCUT2D eigenvalue weighted by atomic mass is 16.3. The highest BCUT2D eigenvalue weighted by Crippen LogP contribution is 2.38. The van der Waals surface area contributed by atoms with Gasteiger partial charge in [0.05, 0.1) is 11.6 Å². The third-order valence-electron chi connectivity index (χ3n) is 4.50. The van der Waals surface area contributed by atoms with Crippen LogP contribution in [0.25, 0.3) is 5.76 Å². The van der Waals surface area contributed by atoms with Gasteiger partial charge in [0.15, 0.2) is 0 Å². The number of hydrogen-bond donors (Lipinski definition) is 1. The quantitative estimate of drug-likeness (QED) is 0.477. The molecule has 27 heavy (non-hydrogen) atoms. The number of rotatable bonds is 6. The summed E-state index contributed by atoms with van der Waals surface area (Å²) in [4.78, 5) is 37.0. The van der Waals surface area contributed by atoms with Crippen molar-refractivity contribution >= 4 is 17.4 Å². The summed E-state index contributed by atoms with van der Waals surface area (Å²) < 4.78 is 0. The summed E-state index contributed by atoms with van der Waals surface area (Å²) in [7, 11) is 3.91. The van der Waals surface area contributed by atoms with Gasteiger partial charge in [-0.2, -0.15) is 0 Å². The summed E-state index contributed by atoms with van der Waals surface area (Å²) in [5, 5.41) is 10.8. The van der Waals surface area contributed by atoms with Crippen LogP contribution in [0.2, 0.25) is 0 Å². The maximum Gasteiger partial charge on any atom is 0.295 e. The third-order valence-corrected chi connectivity index (χ3v) is 4.50. The molecule has 3 heterocycles. The maximum absolute atomic E-state index is 12.8. The molecule has 0 saturated carbocycles. The standard InChI is InChI=1S/C20H22N4O3/c1-23(2)11-4-12-24-17(15-5-3-8-22-13-15)16(19(26)20(24)27)18(25)14-6-9-21-10-7-14/h3,5-10,13,17,25H,4,11-12H2,1-2H3/b18-16-/t17-/m0/s1. The molecule has 0 spiro atoms. The number of ketones is 1. The summed E-state index contributed by atoms with van der Waals surface area (Å²) in [6.07, 6.45) is 7.02. The molecule has 1 fully saturated rings. The monoisotopic (exact) mass is 366 g/mol. The van der Waals surface area contributed by atoms with E-state index in [0.717, 1.165) is 6.54 Å². The minimum Gasteiger partial charge on any atom is -0.507 e. The van der Waals surface area contributed by atoms with E-state index in [-0.39, 0.29) is 11.3 Å². The smallest absolute Gasteiger partial charge is 0.295 e. The first-order valence-corrected chi connectivity index (χ1v) is 8.74. The van der Waals surface area contributed by atoms with Crippen molar-refractivity contribution < 1.29 is 14.7 Å². The fourth-order valence-corrected chi connectivity index (χ4v) is 3.22. The van der Waals surface area contributed by atoms with Crippen molar-refractivity contribution in [1.29, 1.82) is 0 Å². The molecule has 1 amide bonds. The van der Waals surface area contributed by atoms with Gasteiger partial charge in [-0.15, -0.1) is 0 Å². The minimum absolute atomic E-state index is 0.0871. The van der Waals surface area contributed by atoms with Crippen molar-refractivity contribution in [2.75, 3.05) is 27.2 Å². The molecule has 7 nitrogen and oxygen atoms in total. The number of carbonyl (C=O) groups is 2. The Morgan fingerprint density at radius 3 is 2.52 bits per heavy atom. The minimum atomic E-state index is -0.678. The van der Waals surface area contributed by atoms with E-state index >= 15 is 0 Å². The van der Waals surface area contributed by atoms with Gasteiger partial charge in [0, 0.05) is 36.9 Å². The molecule has 1 aliphatic heterocycles.